The fraction of sp³-hybridized carbons (Fsp3) is 1.00. The summed E-state index contributed by atoms with van der Waals surface area (Å²) in [6.07, 6.45) is 1.07. The molecular formula is C9H22N2. The second-order valence-electron chi connectivity index (χ2n) is 3.95. The molecule has 0 radical (unpaired) electrons. The first-order valence-electron chi connectivity index (χ1n) is 4.46. The van der Waals surface area contributed by atoms with E-state index < -0.39 is 0 Å². The van der Waals surface area contributed by atoms with Gasteiger partial charge in [0.05, 0.1) is 0 Å². The van der Waals surface area contributed by atoms with Crippen LogP contribution in [0.1, 0.15) is 34.1 Å². The molecule has 0 aromatic heterocycles. The zero-order valence-electron chi connectivity index (χ0n) is 8.28. The number of hydrogen-bond acceptors (Lipinski definition) is 2. The van der Waals surface area contributed by atoms with Crippen molar-refractivity contribution in [3.8, 4) is 0 Å². The Kier molecular flexibility index (Phi) is 4.69. The first-order valence-corrected chi connectivity index (χ1v) is 4.46. The van der Waals surface area contributed by atoms with Crippen molar-refractivity contribution >= 4 is 0 Å². The minimum atomic E-state index is 0.245. The molecule has 0 aromatic rings. The van der Waals surface area contributed by atoms with E-state index in [0.717, 1.165) is 19.5 Å². The van der Waals surface area contributed by atoms with Crippen LogP contribution in [0.3, 0.4) is 0 Å². The van der Waals surface area contributed by atoms with E-state index in [0.29, 0.717) is 5.92 Å². The second kappa shape index (κ2) is 4.73. The average molecular weight is 158 g/mol. The van der Waals surface area contributed by atoms with Crippen LogP contribution >= 0.6 is 0 Å². The van der Waals surface area contributed by atoms with E-state index in [4.69, 9.17) is 5.73 Å². The Labute approximate surface area is 70.5 Å². The monoisotopic (exact) mass is 158 g/mol. The van der Waals surface area contributed by atoms with Crippen molar-refractivity contribution in [1.29, 1.82) is 0 Å². The molecule has 0 bridgehead atoms. The zero-order chi connectivity index (χ0) is 8.91. The molecule has 2 heteroatoms. The van der Waals surface area contributed by atoms with Gasteiger partial charge in [-0.15, -0.1) is 0 Å². The third-order valence-electron chi connectivity index (χ3n) is 2.40. The Morgan fingerprint density at radius 3 is 2.27 bits per heavy atom. The second-order valence-corrected chi connectivity index (χ2v) is 3.95. The van der Waals surface area contributed by atoms with Gasteiger partial charge in [0, 0.05) is 5.54 Å². The van der Waals surface area contributed by atoms with Crippen LogP contribution in [-0.4, -0.2) is 18.6 Å². The van der Waals surface area contributed by atoms with Crippen molar-refractivity contribution in [1.82, 2.24) is 5.32 Å². The van der Waals surface area contributed by atoms with Crippen LogP contribution < -0.4 is 11.1 Å². The lowest BCUT2D eigenvalue weighted by Crippen LogP contribution is -2.44. The van der Waals surface area contributed by atoms with E-state index in [1.54, 1.807) is 0 Å². The summed E-state index contributed by atoms with van der Waals surface area (Å²) in [5.74, 6) is 0.667. The van der Waals surface area contributed by atoms with Crippen molar-refractivity contribution in [2.45, 2.75) is 39.7 Å². The normalized spacial score (nSPS) is 12.5. The lowest BCUT2D eigenvalue weighted by Gasteiger charge is -2.30. The molecule has 0 fully saturated rings. The smallest absolute Gasteiger partial charge is 0.0148 e. The van der Waals surface area contributed by atoms with Gasteiger partial charge in [0.1, 0.15) is 0 Å². The van der Waals surface area contributed by atoms with Gasteiger partial charge in [0.2, 0.25) is 0 Å². The zero-order valence-corrected chi connectivity index (χ0v) is 8.28. The third kappa shape index (κ3) is 4.38. The number of nitrogens with two attached hydrogens (primary N) is 1. The molecule has 0 unspecified atom stereocenters. The highest BCUT2D eigenvalue weighted by molar-refractivity contribution is 4.80. The lowest BCUT2D eigenvalue weighted by atomic mass is 9.91. The topological polar surface area (TPSA) is 38.0 Å². The van der Waals surface area contributed by atoms with Crippen molar-refractivity contribution in [2.24, 2.45) is 11.7 Å². The van der Waals surface area contributed by atoms with Gasteiger partial charge in [-0.05, 0) is 39.3 Å². The van der Waals surface area contributed by atoms with Crippen molar-refractivity contribution in [3.05, 3.63) is 0 Å². The number of hydrogen-bond donors (Lipinski definition) is 2. The van der Waals surface area contributed by atoms with Gasteiger partial charge in [-0.25, -0.2) is 0 Å². The highest BCUT2D eigenvalue weighted by Crippen LogP contribution is 2.14. The summed E-state index contributed by atoms with van der Waals surface area (Å²) in [4.78, 5) is 0. The molecule has 0 spiro atoms. The summed E-state index contributed by atoms with van der Waals surface area (Å²) in [5.41, 5.74) is 5.64. The Balaban J connectivity index is 3.55. The molecule has 0 aliphatic rings. The van der Waals surface area contributed by atoms with E-state index in [1.807, 2.05) is 0 Å². The van der Waals surface area contributed by atoms with E-state index in [1.165, 1.54) is 0 Å². The minimum absolute atomic E-state index is 0.245. The van der Waals surface area contributed by atoms with Gasteiger partial charge in [-0.3, -0.25) is 0 Å². The predicted octanol–water partition coefficient (Wildman–Crippen LogP) is 1.36. The first-order chi connectivity index (χ1) is 5.00. The van der Waals surface area contributed by atoms with Crippen LogP contribution in [-0.2, 0) is 0 Å². The molecule has 0 aliphatic carbocycles. The largest absolute Gasteiger partial charge is 0.330 e. The van der Waals surface area contributed by atoms with Crippen LogP contribution in [0.25, 0.3) is 0 Å². The fourth-order valence-electron chi connectivity index (χ4n) is 0.717. The summed E-state index contributed by atoms with van der Waals surface area (Å²) in [6, 6.07) is 0. The molecule has 2 nitrogen and oxygen atoms in total. The van der Waals surface area contributed by atoms with Crippen LogP contribution in [0.2, 0.25) is 0 Å². The molecule has 0 saturated carbocycles. The molecule has 0 aliphatic heterocycles. The van der Waals surface area contributed by atoms with E-state index in [-0.39, 0.29) is 5.54 Å². The molecule has 3 N–H and O–H groups in total. The summed E-state index contributed by atoms with van der Waals surface area (Å²) >= 11 is 0. The highest BCUT2D eigenvalue weighted by Gasteiger charge is 2.20. The number of nitrogens with one attached hydrogen (secondary N) is 1. The maximum Gasteiger partial charge on any atom is 0.0148 e. The van der Waals surface area contributed by atoms with Crippen LogP contribution in [0.5, 0.6) is 0 Å². The standard InChI is InChI=1S/C9H22N2/c1-8(2)9(3,4)11-7-5-6-10/h8,11H,5-7,10H2,1-4H3. The quantitative estimate of drug-likeness (QED) is 0.593. The van der Waals surface area contributed by atoms with Gasteiger partial charge in [-0.2, -0.15) is 0 Å². The van der Waals surface area contributed by atoms with Crippen molar-refractivity contribution in [3.63, 3.8) is 0 Å². The molecule has 0 amide bonds. The number of rotatable bonds is 5. The predicted molar refractivity (Wildman–Crippen MR) is 50.6 cm³/mol. The third-order valence-corrected chi connectivity index (χ3v) is 2.40. The highest BCUT2D eigenvalue weighted by atomic mass is 15.0. The Morgan fingerprint density at radius 1 is 1.36 bits per heavy atom. The molecular weight excluding hydrogens is 136 g/mol. The van der Waals surface area contributed by atoms with Crippen LogP contribution in [0, 0.1) is 5.92 Å². The maximum absolute atomic E-state index is 5.39. The molecule has 0 saturated heterocycles. The first kappa shape index (κ1) is 10.9. The Hall–Kier alpha value is -0.0800. The lowest BCUT2D eigenvalue weighted by molar-refractivity contribution is 0.288. The Morgan fingerprint density at radius 2 is 1.91 bits per heavy atom. The summed E-state index contributed by atoms with van der Waals surface area (Å²) in [7, 11) is 0. The van der Waals surface area contributed by atoms with Gasteiger partial charge < -0.3 is 11.1 Å². The average Bonchev–Trinajstić information content (AvgIpc) is 1.88. The SMILES string of the molecule is CC(C)C(C)(C)NCCCN. The molecule has 11 heavy (non-hydrogen) atoms. The van der Waals surface area contributed by atoms with E-state index in [2.05, 4.69) is 33.0 Å². The summed E-state index contributed by atoms with van der Waals surface area (Å²) < 4.78 is 0. The van der Waals surface area contributed by atoms with Gasteiger partial charge in [-0.1, -0.05) is 13.8 Å². The van der Waals surface area contributed by atoms with Gasteiger partial charge >= 0.3 is 0 Å². The van der Waals surface area contributed by atoms with Crippen molar-refractivity contribution in [2.75, 3.05) is 13.1 Å². The van der Waals surface area contributed by atoms with E-state index >= 15 is 0 Å². The van der Waals surface area contributed by atoms with Gasteiger partial charge in [0.15, 0.2) is 0 Å². The van der Waals surface area contributed by atoms with Gasteiger partial charge in [0.25, 0.3) is 0 Å². The molecule has 0 heterocycles. The van der Waals surface area contributed by atoms with Crippen molar-refractivity contribution < 1.29 is 0 Å². The maximum atomic E-state index is 5.39. The summed E-state index contributed by atoms with van der Waals surface area (Å²) in [5, 5.41) is 3.48. The van der Waals surface area contributed by atoms with Crippen LogP contribution in [0.15, 0.2) is 0 Å². The molecule has 0 rings (SSSR count). The van der Waals surface area contributed by atoms with Crippen LogP contribution in [0.4, 0.5) is 0 Å². The summed E-state index contributed by atoms with van der Waals surface area (Å²) in [6.45, 7) is 10.7. The fourth-order valence-corrected chi connectivity index (χ4v) is 0.717. The van der Waals surface area contributed by atoms with E-state index in [9.17, 15) is 0 Å². The Bertz CT molecular complexity index is 97.7. The molecule has 0 aromatic carbocycles. The molecule has 0 atom stereocenters. The minimum Gasteiger partial charge on any atom is -0.330 e. The molecule has 68 valence electrons.